The lowest BCUT2D eigenvalue weighted by molar-refractivity contribution is -0.123. The average Bonchev–Trinajstić information content (AvgIpc) is 1.90. The molecule has 1 fully saturated rings. The molecule has 1 rings (SSSR count). The summed E-state index contributed by atoms with van der Waals surface area (Å²) in [5.74, 6) is 0.405. The van der Waals surface area contributed by atoms with E-state index in [1.165, 1.54) is 0 Å². The number of nitrogens with one attached hydrogen (secondary N) is 1. The van der Waals surface area contributed by atoms with Crippen molar-refractivity contribution in [3.8, 4) is 0 Å². The molecule has 0 saturated carbocycles. The monoisotopic (exact) mass is 129 g/mol. The molecule has 1 saturated heterocycles. The highest BCUT2D eigenvalue weighted by Crippen LogP contribution is 2.08. The van der Waals surface area contributed by atoms with Crippen LogP contribution in [0.5, 0.6) is 0 Å². The molecule has 1 atom stereocenters. The highest BCUT2D eigenvalue weighted by atomic mass is 16.3. The van der Waals surface area contributed by atoms with Crippen LogP contribution in [-0.4, -0.2) is 24.2 Å². The summed E-state index contributed by atoms with van der Waals surface area (Å²) in [5, 5.41) is 11.3. The standard InChI is InChI=1S/C6H11NO2/c8-4-5-1-2-6(9)7-3-5/h5,8H,1-4H2,(H,7,9)/t5-/m1/s1. The van der Waals surface area contributed by atoms with Crippen molar-refractivity contribution in [1.29, 1.82) is 0 Å². The van der Waals surface area contributed by atoms with Crippen molar-refractivity contribution in [3.63, 3.8) is 0 Å². The summed E-state index contributed by atoms with van der Waals surface area (Å²) in [6.07, 6.45) is 1.41. The maximum absolute atomic E-state index is 10.5. The predicted molar refractivity (Wildman–Crippen MR) is 32.8 cm³/mol. The SMILES string of the molecule is O=C1CC[C@@H](CO)CN1. The van der Waals surface area contributed by atoms with E-state index in [0.29, 0.717) is 18.9 Å². The summed E-state index contributed by atoms with van der Waals surface area (Å²) in [6, 6.07) is 0. The summed E-state index contributed by atoms with van der Waals surface area (Å²) in [4.78, 5) is 10.5. The minimum atomic E-state index is 0.111. The van der Waals surface area contributed by atoms with Crippen molar-refractivity contribution in [1.82, 2.24) is 5.32 Å². The summed E-state index contributed by atoms with van der Waals surface area (Å²) >= 11 is 0. The van der Waals surface area contributed by atoms with Crippen LogP contribution in [0.1, 0.15) is 12.8 Å². The van der Waals surface area contributed by atoms with Crippen molar-refractivity contribution in [3.05, 3.63) is 0 Å². The quantitative estimate of drug-likeness (QED) is 0.501. The van der Waals surface area contributed by atoms with Gasteiger partial charge >= 0.3 is 0 Å². The summed E-state index contributed by atoms with van der Waals surface area (Å²) in [7, 11) is 0. The molecule has 1 aliphatic heterocycles. The molecule has 0 unspecified atom stereocenters. The van der Waals surface area contributed by atoms with Crippen LogP contribution >= 0.6 is 0 Å². The van der Waals surface area contributed by atoms with Crippen LogP contribution in [0.25, 0.3) is 0 Å². The zero-order valence-corrected chi connectivity index (χ0v) is 5.26. The molecule has 0 spiro atoms. The van der Waals surface area contributed by atoms with Gasteiger partial charge < -0.3 is 10.4 Å². The molecule has 1 heterocycles. The normalized spacial score (nSPS) is 27.7. The number of aliphatic hydroxyl groups is 1. The van der Waals surface area contributed by atoms with E-state index in [4.69, 9.17) is 5.11 Å². The lowest BCUT2D eigenvalue weighted by Gasteiger charge is -2.19. The topological polar surface area (TPSA) is 49.3 Å². The fourth-order valence-electron chi connectivity index (χ4n) is 0.940. The second-order valence-electron chi connectivity index (χ2n) is 2.39. The van der Waals surface area contributed by atoms with E-state index in [1.807, 2.05) is 0 Å². The third-order valence-electron chi connectivity index (χ3n) is 1.63. The maximum atomic E-state index is 10.5. The molecular formula is C6H11NO2. The molecule has 1 amide bonds. The highest BCUT2D eigenvalue weighted by molar-refractivity contribution is 5.76. The van der Waals surface area contributed by atoms with Gasteiger partial charge in [-0.3, -0.25) is 4.79 Å². The largest absolute Gasteiger partial charge is 0.396 e. The predicted octanol–water partition coefficient (Wildman–Crippen LogP) is -0.495. The molecule has 52 valence electrons. The first-order chi connectivity index (χ1) is 4.33. The van der Waals surface area contributed by atoms with Gasteiger partial charge in [0.15, 0.2) is 0 Å². The first-order valence-electron chi connectivity index (χ1n) is 3.20. The molecular weight excluding hydrogens is 118 g/mol. The lowest BCUT2D eigenvalue weighted by Crippen LogP contribution is -2.36. The molecule has 0 aromatic carbocycles. The molecule has 0 bridgehead atoms. The minimum absolute atomic E-state index is 0.111. The van der Waals surface area contributed by atoms with E-state index < -0.39 is 0 Å². The molecule has 0 radical (unpaired) electrons. The Morgan fingerprint density at radius 1 is 1.78 bits per heavy atom. The third-order valence-corrected chi connectivity index (χ3v) is 1.63. The van der Waals surface area contributed by atoms with Crippen LogP contribution in [0.4, 0.5) is 0 Å². The Morgan fingerprint density at radius 3 is 3.00 bits per heavy atom. The number of carbonyl (C=O) groups is 1. The molecule has 1 aliphatic rings. The number of piperidine rings is 1. The van der Waals surface area contributed by atoms with Gasteiger partial charge in [-0.1, -0.05) is 0 Å². The van der Waals surface area contributed by atoms with E-state index in [2.05, 4.69) is 5.32 Å². The van der Waals surface area contributed by atoms with E-state index >= 15 is 0 Å². The van der Waals surface area contributed by atoms with E-state index in [0.717, 1.165) is 6.42 Å². The van der Waals surface area contributed by atoms with Crippen molar-refractivity contribution in [2.75, 3.05) is 13.2 Å². The van der Waals surface area contributed by atoms with Gasteiger partial charge in [0.05, 0.1) is 0 Å². The number of hydrogen-bond donors (Lipinski definition) is 2. The van der Waals surface area contributed by atoms with Gasteiger partial charge in [0.1, 0.15) is 0 Å². The van der Waals surface area contributed by atoms with Crippen molar-refractivity contribution in [2.45, 2.75) is 12.8 Å². The molecule has 0 aliphatic carbocycles. The molecule has 0 aromatic rings. The van der Waals surface area contributed by atoms with Crippen LogP contribution in [0.15, 0.2) is 0 Å². The summed E-state index contributed by atoms with van der Waals surface area (Å²) < 4.78 is 0. The van der Waals surface area contributed by atoms with Gasteiger partial charge in [-0.2, -0.15) is 0 Å². The Balaban J connectivity index is 2.26. The van der Waals surface area contributed by atoms with Crippen LogP contribution < -0.4 is 5.32 Å². The molecule has 9 heavy (non-hydrogen) atoms. The minimum Gasteiger partial charge on any atom is -0.396 e. The number of carbonyl (C=O) groups excluding carboxylic acids is 1. The lowest BCUT2D eigenvalue weighted by atomic mass is 10.0. The first kappa shape index (κ1) is 6.55. The van der Waals surface area contributed by atoms with Crippen LogP contribution in [-0.2, 0) is 4.79 Å². The first-order valence-corrected chi connectivity index (χ1v) is 3.20. The van der Waals surface area contributed by atoms with Crippen molar-refractivity contribution >= 4 is 5.91 Å². The average molecular weight is 129 g/mol. The van der Waals surface area contributed by atoms with Crippen LogP contribution in [0, 0.1) is 5.92 Å². The van der Waals surface area contributed by atoms with Gasteiger partial charge in [0, 0.05) is 19.6 Å². The third kappa shape index (κ3) is 1.68. The van der Waals surface area contributed by atoms with Crippen molar-refractivity contribution < 1.29 is 9.90 Å². The summed E-state index contributed by atoms with van der Waals surface area (Å²) in [6.45, 7) is 0.843. The summed E-state index contributed by atoms with van der Waals surface area (Å²) in [5.41, 5.74) is 0. The van der Waals surface area contributed by atoms with Gasteiger partial charge in [-0.15, -0.1) is 0 Å². The van der Waals surface area contributed by atoms with Crippen molar-refractivity contribution in [2.24, 2.45) is 5.92 Å². The fraction of sp³-hybridized carbons (Fsp3) is 0.833. The Labute approximate surface area is 54.1 Å². The number of rotatable bonds is 1. The Morgan fingerprint density at radius 2 is 2.56 bits per heavy atom. The molecule has 3 heteroatoms. The van der Waals surface area contributed by atoms with Crippen LogP contribution in [0.3, 0.4) is 0 Å². The van der Waals surface area contributed by atoms with Gasteiger partial charge in [-0.05, 0) is 12.3 Å². The molecule has 3 nitrogen and oxygen atoms in total. The Bertz CT molecular complexity index is 104. The van der Waals surface area contributed by atoms with E-state index in [1.54, 1.807) is 0 Å². The number of hydrogen-bond acceptors (Lipinski definition) is 2. The highest BCUT2D eigenvalue weighted by Gasteiger charge is 2.15. The molecule has 2 N–H and O–H groups in total. The Kier molecular flexibility index (Phi) is 2.05. The van der Waals surface area contributed by atoms with E-state index in [-0.39, 0.29) is 12.5 Å². The number of amides is 1. The number of aliphatic hydroxyl groups excluding tert-OH is 1. The van der Waals surface area contributed by atoms with Gasteiger partial charge in [0.2, 0.25) is 5.91 Å². The second-order valence-corrected chi connectivity index (χ2v) is 2.39. The van der Waals surface area contributed by atoms with E-state index in [9.17, 15) is 4.79 Å². The fourth-order valence-corrected chi connectivity index (χ4v) is 0.940. The molecule has 0 aromatic heterocycles. The smallest absolute Gasteiger partial charge is 0.220 e. The zero-order valence-electron chi connectivity index (χ0n) is 5.26. The maximum Gasteiger partial charge on any atom is 0.220 e. The van der Waals surface area contributed by atoms with Crippen LogP contribution in [0.2, 0.25) is 0 Å². The van der Waals surface area contributed by atoms with Gasteiger partial charge in [-0.25, -0.2) is 0 Å². The Hall–Kier alpha value is -0.570. The zero-order chi connectivity index (χ0) is 6.69. The second kappa shape index (κ2) is 2.82. The van der Waals surface area contributed by atoms with Gasteiger partial charge in [0.25, 0.3) is 0 Å².